The van der Waals surface area contributed by atoms with E-state index in [2.05, 4.69) is 32.6 Å². The van der Waals surface area contributed by atoms with Gasteiger partial charge in [-0.3, -0.25) is 0 Å². The molecule has 3 fully saturated rings. The number of aliphatic hydroxyl groups is 5. The van der Waals surface area contributed by atoms with Gasteiger partial charge < -0.3 is 25.5 Å². The van der Waals surface area contributed by atoms with Gasteiger partial charge in [-0.05, 0) is 86.2 Å². The number of rotatable bonds is 7. The van der Waals surface area contributed by atoms with E-state index in [9.17, 15) is 25.5 Å². The first-order valence-electron chi connectivity index (χ1n) is 12.4. The second-order valence-corrected chi connectivity index (χ2v) is 11.4. The second-order valence-electron chi connectivity index (χ2n) is 11.4. The third-order valence-electron chi connectivity index (χ3n) is 8.65. The first-order valence-corrected chi connectivity index (χ1v) is 12.4. The molecule has 2 unspecified atom stereocenters. The SMILES string of the molecule is C=C1/C(=C\C=C2/CCC[C@]3(C)[C@@H]([C@H](C)CC(O)CC(C)(O)CO)CC[C@@H]23)C[C@@H](O)C[C@@H]1O. The van der Waals surface area contributed by atoms with Gasteiger partial charge in [0.05, 0.1) is 30.5 Å². The summed E-state index contributed by atoms with van der Waals surface area (Å²) in [6.45, 7) is 9.90. The quantitative estimate of drug-likeness (QED) is 0.409. The monoisotopic (exact) mass is 448 g/mol. The zero-order valence-electron chi connectivity index (χ0n) is 20.1. The molecular formula is C27H44O5. The molecule has 3 aliphatic rings. The molecule has 5 nitrogen and oxygen atoms in total. The van der Waals surface area contributed by atoms with Gasteiger partial charge in [0.1, 0.15) is 0 Å². The minimum Gasteiger partial charge on any atom is -0.393 e. The Balaban J connectivity index is 1.71. The zero-order chi connectivity index (χ0) is 23.7. The highest BCUT2D eigenvalue weighted by Crippen LogP contribution is 2.60. The van der Waals surface area contributed by atoms with E-state index >= 15 is 0 Å². The van der Waals surface area contributed by atoms with Crippen molar-refractivity contribution >= 4 is 0 Å². The molecule has 5 heteroatoms. The van der Waals surface area contributed by atoms with Crippen LogP contribution in [0.25, 0.3) is 0 Å². The van der Waals surface area contributed by atoms with E-state index in [1.807, 2.05) is 0 Å². The molecule has 5 N–H and O–H groups in total. The zero-order valence-corrected chi connectivity index (χ0v) is 20.1. The summed E-state index contributed by atoms with van der Waals surface area (Å²) in [7, 11) is 0. The van der Waals surface area contributed by atoms with Crippen LogP contribution in [0.4, 0.5) is 0 Å². The van der Waals surface area contributed by atoms with E-state index in [-0.39, 0.29) is 18.4 Å². The van der Waals surface area contributed by atoms with Gasteiger partial charge >= 0.3 is 0 Å². The second kappa shape index (κ2) is 10.1. The lowest BCUT2D eigenvalue weighted by molar-refractivity contribution is -0.0439. The number of aliphatic hydroxyl groups excluding tert-OH is 4. The molecule has 0 amide bonds. The molecule has 0 aromatic carbocycles. The summed E-state index contributed by atoms with van der Waals surface area (Å²) in [6, 6.07) is 0. The van der Waals surface area contributed by atoms with Gasteiger partial charge in [0.2, 0.25) is 0 Å². The van der Waals surface area contributed by atoms with Crippen LogP contribution in [-0.2, 0) is 0 Å². The van der Waals surface area contributed by atoms with Crippen molar-refractivity contribution in [3.05, 3.63) is 35.5 Å². The smallest absolute Gasteiger partial charge is 0.0874 e. The maximum Gasteiger partial charge on any atom is 0.0874 e. The van der Waals surface area contributed by atoms with E-state index in [0.717, 1.165) is 36.8 Å². The minimum atomic E-state index is -1.24. The number of hydrogen-bond acceptors (Lipinski definition) is 5. The Morgan fingerprint density at radius 2 is 1.97 bits per heavy atom. The van der Waals surface area contributed by atoms with Gasteiger partial charge in [-0.25, -0.2) is 0 Å². The van der Waals surface area contributed by atoms with Crippen LogP contribution in [0.15, 0.2) is 35.5 Å². The van der Waals surface area contributed by atoms with E-state index < -0.39 is 23.9 Å². The average molecular weight is 449 g/mol. The van der Waals surface area contributed by atoms with Gasteiger partial charge in [-0.1, -0.05) is 38.2 Å². The van der Waals surface area contributed by atoms with Crippen LogP contribution >= 0.6 is 0 Å². The standard InChI is InChI=1S/C27H44O5/c1-17(12-22(30)15-26(3,32)16-28)23-9-10-24-19(6-5-11-27(23,24)4)7-8-20-13-21(29)14-25(31)18(20)2/h7-8,17,21-25,28-32H,2,5-6,9-16H2,1,3-4H3/b19-7+,20-8-/t17-,21-,22?,23-,24+,25+,26?,27-/m1/s1. The van der Waals surface area contributed by atoms with E-state index in [0.29, 0.717) is 37.0 Å². The Morgan fingerprint density at radius 3 is 2.66 bits per heavy atom. The summed E-state index contributed by atoms with van der Waals surface area (Å²) in [4.78, 5) is 0. The molecule has 0 aliphatic heterocycles. The van der Waals surface area contributed by atoms with Crippen molar-refractivity contribution in [1.82, 2.24) is 0 Å². The molecule has 0 aromatic rings. The number of fused-ring (bicyclic) bond motifs is 1. The van der Waals surface area contributed by atoms with Crippen molar-refractivity contribution in [3.63, 3.8) is 0 Å². The predicted octanol–water partition coefficient (Wildman–Crippen LogP) is 3.65. The molecule has 0 spiro atoms. The molecule has 0 saturated heterocycles. The first-order chi connectivity index (χ1) is 15.0. The normalized spacial score (nSPS) is 39.7. The fourth-order valence-corrected chi connectivity index (χ4v) is 6.93. The molecule has 182 valence electrons. The van der Waals surface area contributed by atoms with Gasteiger partial charge in [-0.2, -0.15) is 0 Å². The van der Waals surface area contributed by atoms with Crippen LogP contribution in [0.3, 0.4) is 0 Å². The Morgan fingerprint density at radius 1 is 1.25 bits per heavy atom. The van der Waals surface area contributed by atoms with Crippen molar-refractivity contribution in [2.75, 3.05) is 6.61 Å². The average Bonchev–Trinajstić information content (AvgIpc) is 3.06. The Kier molecular flexibility index (Phi) is 8.10. The van der Waals surface area contributed by atoms with Crippen molar-refractivity contribution in [1.29, 1.82) is 0 Å². The lowest BCUT2D eigenvalue weighted by Gasteiger charge is -2.45. The van der Waals surface area contributed by atoms with Crippen LogP contribution in [0.5, 0.6) is 0 Å². The van der Waals surface area contributed by atoms with Crippen LogP contribution in [0, 0.1) is 23.2 Å². The highest BCUT2D eigenvalue weighted by molar-refractivity contribution is 5.38. The molecule has 3 rings (SSSR count). The highest BCUT2D eigenvalue weighted by atomic mass is 16.3. The fraction of sp³-hybridized carbons (Fsp3) is 0.778. The van der Waals surface area contributed by atoms with Gasteiger partial charge in [0.25, 0.3) is 0 Å². The third-order valence-corrected chi connectivity index (χ3v) is 8.65. The van der Waals surface area contributed by atoms with Crippen molar-refractivity contribution in [2.24, 2.45) is 23.2 Å². The third kappa shape index (κ3) is 5.56. The van der Waals surface area contributed by atoms with Crippen molar-refractivity contribution < 1.29 is 25.5 Å². The molecule has 0 heterocycles. The molecule has 32 heavy (non-hydrogen) atoms. The topological polar surface area (TPSA) is 101 Å². The molecule has 0 bridgehead atoms. The summed E-state index contributed by atoms with van der Waals surface area (Å²) in [6.07, 6.45) is 10.0. The predicted molar refractivity (Wildman–Crippen MR) is 127 cm³/mol. The molecular weight excluding hydrogens is 404 g/mol. The fourth-order valence-electron chi connectivity index (χ4n) is 6.93. The van der Waals surface area contributed by atoms with Crippen molar-refractivity contribution in [2.45, 2.75) is 102 Å². The Hall–Kier alpha value is -0.980. The molecule has 0 aromatic heterocycles. The summed E-state index contributed by atoms with van der Waals surface area (Å²) < 4.78 is 0. The summed E-state index contributed by atoms with van der Waals surface area (Å²) in [5.74, 6) is 1.38. The largest absolute Gasteiger partial charge is 0.393 e. The maximum absolute atomic E-state index is 10.5. The van der Waals surface area contributed by atoms with Crippen LogP contribution < -0.4 is 0 Å². The molecule has 3 aliphatic carbocycles. The Labute approximate surface area is 193 Å². The van der Waals surface area contributed by atoms with E-state index in [1.165, 1.54) is 12.0 Å². The lowest BCUT2D eigenvalue weighted by atomic mass is 9.60. The summed E-state index contributed by atoms with van der Waals surface area (Å²) >= 11 is 0. The maximum atomic E-state index is 10.5. The van der Waals surface area contributed by atoms with Gasteiger partial charge in [0, 0.05) is 12.8 Å². The minimum absolute atomic E-state index is 0.195. The summed E-state index contributed by atoms with van der Waals surface area (Å²) in [5, 5.41) is 50.1. The van der Waals surface area contributed by atoms with Crippen LogP contribution in [-0.4, -0.2) is 56.1 Å². The van der Waals surface area contributed by atoms with E-state index in [1.54, 1.807) is 6.92 Å². The van der Waals surface area contributed by atoms with Crippen LogP contribution in [0.2, 0.25) is 0 Å². The molecule has 8 atom stereocenters. The van der Waals surface area contributed by atoms with Crippen LogP contribution in [0.1, 0.15) is 78.6 Å². The van der Waals surface area contributed by atoms with Gasteiger partial charge in [-0.15, -0.1) is 0 Å². The first kappa shape index (κ1) is 25.6. The van der Waals surface area contributed by atoms with E-state index in [4.69, 9.17) is 0 Å². The van der Waals surface area contributed by atoms with Crippen molar-refractivity contribution in [3.8, 4) is 0 Å². The Bertz CT molecular complexity index is 738. The summed E-state index contributed by atoms with van der Waals surface area (Å²) in [5.41, 5.74) is 2.12. The van der Waals surface area contributed by atoms with Gasteiger partial charge in [0.15, 0.2) is 0 Å². The highest BCUT2D eigenvalue weighted by Gasteiger charge is 2.50. The molecule has 3 saturated carbocycles. The number of allylic oxidation sites excluding steroid dienone is 3. The lowest BCUT2D eigenvalue weighted by Crippen LogP contribution is -2.38. The number of hydrogen-bond donors (Lipinski definition) is 5. The molecule has 0 radical (unpaired) electrons.